The number of rotatable bonds is 10. The monoisotopic (exact) mass is 482 g/mol. The molecule has 0 aliphatic carbocycles. The molecule has 3 aromatic carbocycles. The zero-order valence-corrected chi connectivity index (χ0v) is 22.3. The average Bonchev–Trinajstić information content (AvgIpc) is 3.70. The van der Waals surface area contributed by atoms with E-state index in [9.17, 15) is 4.79 Å². The second-order valence-corrected chi connectivity index (χ2v) is 9.89. The summed E-state index contributed by atoms with van der Waals surface area (Å²) in [7, 11) is 1.43. The lowest BCUT2D eigenvalue weighted by molar-refractivity contribution is -0.139. The van der Waals surface area contributed by atoms with Crippen LogP contribution in [0.25, 0.3) is 17.2 Å². The number of epoxide rings is 1. The van der Waals surface area contributed by atoms with Crippen molar-refractivity contribution in [1.82, 2.24) is 0 Å². The number of ether oxygens (including phenoxy) is 2. The molecule has 1 unspecified atom stereocenters. The van der Waals surface area contributed by atoms with Crippen molar-refractivity contribution in [2.45, 2.75) is 64.4 Å². The quantitative estimate of drug-likeness (QED) is 0.220. The normalized spacial score (nSPS) is 17.4. The average molecular weight is 483 g/mol. The van der Waals surface area contributed by atoms with Gasteiger partial charge in [-0.15, -0.1) is 0 Å². The highest BCUT2D eigenvalue weighted by Crippen LogP contribution is 2.41. The van der Waals surface area contributed by atoms with Gasteiger partial charge in [0, 0.05) is 5.41 Å². The van der Waals surface area contributed by atoms with Crippen molar-refractivity contribution in [3.63, 3.8) is 0 Å². The molecule has 0 N–H and O–H groups in total. The molecule has 1 heterocycles. The summed E-state index contributed by atoms with van der Waals surface area (Å²) in [4.78, 5) is 11.9. The van der Waals surface area contributed by atoms with E-state index in [0.717, 1.165) is 42.6 Å². The molecule has 0 radical (unpaired) electrons. The predicted octanol–water partition coefficient (Wildman–Crippen LogP) is 7.68. The fourth-order valence-electron chi connectivity index (χ4n) is 5.30. The first-order chi connectivity index (χ1) is 17.4. The molecule has 0 saturated carbocycles. The van der Waals surface area contributed by atoms with Crippen LogP contribution < -0.4 is 0 Å². The lowest BCUT2D eigenvalue weighted by Gasteiger charge is -2.34. The number of benzene rings is 3. The van der Waals surface area contributed by atoms with E-state index < -0.39 is 0 Å². The molecular weight excluding hydrogens is 444 g/mol. The van der Waals surface area contributed by atoms with Crippen LogP contribution in [0.2, 0.25) is 0 Å². The minimum atomic E-state index is -0.224. The van der Waals surface area contributed by atoms with Gasteiger partial charge in [-0.1, -0.05) is 93.6 Å². The van der Waals surface area contributed by atoms with Crippen LogP contribution in [-0.4, -0.2) is 25.3 Å². The third-order valence-corrected chi connectivity index (χ3v) is 8.04. The molecule has 1 aliphatic rings. The molecule has 1 atom stereocenters. The molecule has 3 heteroatoms. The molecule has 0 spiro atoms. The molecule has 0 aromatic heterocycles. The lowest BCUT2D eigenvalue weighted by atomic mass is 9.70. The van der Waals surface area contributed by atoms with Gasteiger partial charge in [-0.25, -0.2) is 0 Å². The molecule has 4 rings (SSSR count). The largest absolute Gasteiger partial charge is 0.469 e. The number of carbonyl (C=O) groups is 1. The molecule has 1 aliphatic heterocycles. The van der Waals surface area contributed by atoms with Gasteiger partial charge < -0.3 is 9.47 Å². The Balaban J connectivity index is 1.65. The van der Waals surface area contributed by atoms with Gasteiger partial charge in [-0.05, 0) is 71.2 Å². The van der Waals surface area contributed by atoms with Gasteiger partial charge in [-0.3, -0.25) is 4.79 Å². The van der Waals surface area contributed by atoms with Crippen molar-refractivity contribution in [3.8, 4) is 11.1 Å². The maximum absolute atomic E-state index is 11.9. The summed E-state index contributed by atoms with van der Waals surface area (Å²) < 4.78 is 10.5. The zero-order chi connectivity index (χ0) is 25.8. The molecule has 0 bridgehead atoms. The van der Waals surface area contributed by atoms with Crippen LogP contribution in [0, 0.1) is 6.92 Å². The second kappa shape index (κ2) is 10.8. The van der Waals surface area contributed by atoms with Gasteiger partial charge in [0.05, 0.1) is 20.1 Å². The van der Waals surface area contributed by atoms with Crippen LogP contribution >= 0.6 is 0 Å². The maximum Gasteiger partial charge on any atom is 0.309 e. The van der Waals surface area contributed by atoms with Crippen molar-refractivity contribution in [1.29, 1.82) is 0 Å². The van der Waals surface area contributed by atoms with Crippen molar-refractivity contribution in [2.24, 2.45) is 0 Å². The van der Waals surface area contributed by atoms with E-state index in [-0.39, 0.29) is 23.4 Å². The van der Waals surface area contributed by atoms with E-state index in [1.54, 1.807) is 0 Å². The smallest absolute Gasteiger partial charge is 0.309 e. The van der Waals surface area contributed by atoms with Crippen LogP contribution in [0.15, 0.2) is 72.8 Å². The van der Waals surface area contributed by atoms with Gasteiger partial charge >= 0.3 is 5.97 Å². The third-order valence-electron chi connectivity index (χ3n) is 8.04. The SMILES string of the molecule is CCC1(/C=C/c2ccc(C(CC)(CC)c3ccc(-c4ccccc4CC(=O)OC)cc3)cc2C)CO1. The number of esters is 1. The molecule has 188 valence electrons. The Morgan fingerprint density at radius 1 is 1.00 bits per heavy atom. The Kier molecular flexibility index (Phi) is 7.80. The summed E-state index contributed by atoms with van der Waals surface area (Å²) in [5.41, 5.74) is 8.29. The summed E-state index contributed by atoms with van der Waals surface area (Å²) in [5.74, 6) is -0.224. The second-order valence-electron chi connectivity index (χ2n) is 9.89. The number of hydrogen-bond donors (Lipinski definition) is 0. The zero-order valence-electron chi connectivity index (χ0n) is 22.3. The van der Waals surface area contributed by atoms with E-state index >= 15 is 0 Å². The number of aryl methyl sites for hydroxylation is 1. The molecular formula is C33H38O3. The van der Waals surface area contributed by atoms with Crippen molar-refractivity contribution in [3.05, 3.63) is 101 Å². The summed E-state index contributed by atoms with van der Waals surface area (Å²) in [6, 6.07) is 23.9. The number of carbonyl (C=O) groups excluding carboxylic acids is 1. The van der Waals surface area contributed by atoms with E-state index in [4.69, 9.17) is 9.47 Å². The van der Waals surface area contributed by atoms with Gasteiger partial charge in [0.15, 0.2) is 0 Å². The lowest BCUT2D eigenvalue weighted by Crippen LogP contribution is -2.26. The summed E-state index contributed by atoms with van der Waals surface area (Å²) >= 11 is 0. The highest BCUT2D eigenvalue weighted by molar-refractivity contribution is 5.78. The molecule has 0 amide bonds. The van der Waals surface area contributed by atoms with Gasteiger partial charge in [0.25, 0.3) is 0 Å². The Bertz CT molecular complexity index is 1230. The van der Waals surface area contributed by atoms with Gasteiger partial charge in [-0.2, -0.15) is 0 Å². The Morgan fingerprint density at radius 2 is 1.67 bits per heavy atom. The first kappa shape index (κ1) is 25.9. The van der Waals surface area contributed by atoms with Crippen LogP contribution in [0.4, 0.5) is 0 Å². The van der Waals surface area contributed by atoms with E-state index in [0.29, 0.717) is 0 Å². The summed E-state index contributed by atoms with van der Waals surface area (Å²) in [6.07, 6.45) is 7.76. The van der Waals surface area contributed by atoms with Crippen LogP contribution in [0.5, 0.6) is 0 Å². The van der Waals surface area contributed by atoms with Crippen molar-refractivity contribution < 1.29 is 14.3 Å². The fraction of sp³-hybridized carbons (Fsp3) is 0.364. The molecule has 3 nitrogen and oxygen atoms in total. The molecule has 3 aromatic rings. The van der Waals surface area contributed by atoms with Crippen LogP contribution in [0.3, 0.4) is 0 Å². The number of hydrogen-bond acceptors (Lipinski definition) is 3. The van der Waals surface area contributed by atoms with Crippen LogP contribution in [-0.2, 0) is 26.1 Å². The predicted molar refractivity (Wildman–Crippen MR) is 148 cm³/mol. The van der Waals surface area contributed by atoms with E-state index in [1.807, 2.05) is 18.2 Å². The van der Waals surface area contributed by atoms with Crippen molar-refractivity contribution in [2.75, 3.05) is 13.7 Å². The Hall–Kier alpha value is -3.17. The van der Waals surface area contributed by atoms with Crippen LogP contribution in [0.1, 0.15) is 67.9 Å². The topological polar surface area (TPSA) is 38.8 Å². The first-order valence-corrected chi connectivity index (χ1v) is 13.1. The Labute approximate surface area is 216 Å². The number of methoxy groups -OCH3 is 1. The standard InChI is InChI=1S/C33H38O3/c1-6-32(23-36-32)20-19-25-13-18-29(21-24(25)4)33(7-2,8-3)28-16-14-26(15-17-28)30-12-10-9-11-27(30)22-31(34)35-5/h9-21H,6-8,22-23H2,1-5H3/b20-19+. The molecule has 36 heavy (non-hydrogen) atoms. The highest BCUT2D eigenvalue weighted by atomic mass is 16.6. The first-order valence-electron chi connectivity index (χ1n) is 13.1. The molecule has 1 fully saturated rings. The highest BCUT2D eigenvalue weighted by Gasteiger charge is 2.39. The van der Waals surface area contributed by atoms with Crippen molar-refractivity contribution >= 4 is 12.0 Å². The Morgan fingerprint density at radius 3 is 2.25 bits per heavy atom. The van der Waals surface area contributed by atoms with E-state index in [1.165, 1.54) is 29.4 Å². The summed E-state index contributed by atoms with van der Waals surface area (Å²) in [6.45, 7) is 9.76. The van der Waals surface area contributed by atoms with Gasteiger partial charge in [0.1, 0.15) is 5.60 Å². The molecule has 1 saturated heterocycles. The third kappa shape index (κ3) is 5.17. The van der Waals surface area contributed by atoms with E-state index in [2.05, 4.69) is 88.4 Å². The minimum Gasteiger partial charge on any atom is -0.469 e. The van der Waals surface area contributed by atoms with Gasteiger partial charge in [0.2, 0.25) is 0 Å². The minimum absolute atomic E-state index is 0.0427. The fourth-order valence-corrected chi connectivity index (χ4v) is 5.30. The maximum atomic E-state index is 11.9. The summed E-state index contributed by atoms with van der Waals surface area (Å²) in [5, 5.41) is 0.